The number of carbonyl (C=O) groups is 2. The van der Waals surface area contributed by atoms with Gasteiger partial charge in [0.05, 0.1) is 8.66 Å². The van der Waals surface area contributed by atoms with Gasteiger partial charge < -0.3 is 15.2 Å². The van der Waals surface area contributed by atoms with Crippen LogP contribution in [-0.2, 0) is 4.79 Å². The van der Waals surface area contributed by atoms with E-state index in [2.05, 4.69) is 21.2 Å². The van der Waals surface area contributed by atoms with E-state index in [1.54, 1.807) is 24.3 Å². The zero-order valence-corrected chi connectivity index (χ0v) is 13.5. The summed E-state index contributed by atoms with van der Waals surface area (Å²) in [6.07, 6.45) is 0. The number of hydrogen-bond acceptors (Lipinski definition) is 4. The minimum atomic E-state index is -1.04. The summed E-state index contributed by atoms with van der Waals surface area (Å²) in [5.41, 5.74) is 1.63. The molecule has 0 atom stereocenters. The van der Waals surface area contributed by atoms with Gasteiger partial charge in [-0.05, 0) is 58.7 Å². The van der Waals surface area contributed by atoms with Gasteiger partial charge in [-0.25, -0.2) is 4.79 Å². The Morgan fingerprint density at radius 2 is 2.00 bits per heavy atom. The van der Waals surface area contributed by atoms with Crippen LogP contribution in [0.4, 0.5) is 5.69 Å². The topological polar surface area (TPSA) is 75.6 Å². The summed E-state index contributed by atoms with van der Waals surface area (Å²) < 4.78 is 5.95. The van der Waals surface area contributed by atoms with Gasteiger partial charge in [0.25, 0.3) is 5.91 Å². The summed E-state index contributed by atoms with van der Waals surface area (Å²) in [5.74, 6) is -0.788. The highest BCUT2D eigenvalue weighted by Crippen LogP contribution is 2.28. The number of carboxylic acids is 1. The summed E-state index contributed by atoms with van der Waals surface area (Å²) in [5, 5.41) is 11.3. The van der Waals surface area contributed by atoms with Crippen LogP contribution in [0.1, 0.15) is 15.2 Å². The van der Waals surface area contributed by atoms with Crippen molar-refractivity contribution in [2.24, 2.45) is 0 Å². The second-order valence-corrected chi connectivity index (χ2v) is 6.60. The van der Waals surface area contributed by atoms with Crippen molar-refractivity contribution in [1.29, 1.82) is 0 Å². The predicted octanol–water partition coefficient (Wildman–Crippen LogP) is 3.53. The number of ether oxygens (including phenoxy) is 1. The zero-order valence-electron chi connectivity index (χ0n) is 11.1. The van der Waals surface area contributed by atoms with Gasteiger partial charge >= 0.3 is 5.97 Å². The lowest BCUT2D eigenvalue weighted by molar-refractivity contribution is -0.139. The maximum Gasteiger partial charge on any atom is 0.341 e. The van der Waals surface area contributed by atoms with Crippen LogP contribution >= 0.6 is 27.3 Å². The number of halogens is 1. The van der Waals surface area contributed by atoms with Crippen molar-refractivity contribution in [2.75, 3.05) is 11.9 Å². The van der Waals surface area contributed by atoms with Gasteiger partial charge in [0.1, 0.15) is 5.75 Å². The number of carboxylic acid groups (broad SMARTS) is 1. The molecular formula is C14H12BrNO4S. The van der Waals surface area contributed by atoms with Crippen LogP contribution in [0.3, 0.4) is 0 Å². The quantitative estimate of drug-likeness (QED) is 0.844. The van der Waals surface area contributed by atoms with Crippen molar-refractivity contribution < 1.29 is 19.4 Å². The first-order chi connectivity index (χ1) is 9.95. The van der Waals surface area contributed by atoms with Crippen molar-refractivity contribution in [3.8, 4) is 5.75 Å². The lowest BCUT2D eigenvalue weighted by atomic mass is 10.3. The molecule has 1 heterocycles. The minimum Gasteiger partial charge on any atom is -0.482 e. The molecule has 1 aromatic heterocycles. The van der Waals surface area contributed by atoms with Gasteiger partial charge in [-0.15, -0.1) is 11.3 Å². The van der Waals surface area contributed by atoms with Crippen LogP contribution in [0.2, 0.25) is 0 Å². The normalized spacial score (nSPS) is 10.2. The van der Waals surface area contributed by atoms with Crippen molar-refractivity contribution >= 4 is 44.8 Å². The van der Waals surface area contributed by atoms with Crippen LogP contribution in [0.15, 0.2) is 34.1 Å². The Balaban J connectivity index is 1.99. The molecule has 2 aromatic rings. The summed E-state index contributed by atoms with van der Waals surface area (Å²) in [6.45, 7) is 1.53. The van der Waals surface area contributed by atoms with Gasteiger partial charge in [-0.3, -0.25) is 4.79 Å². The second kappa shape index (κ2) is 6.73. The Kier molecular flexibility index (Phi) is 4.98. The number of rotatable bonds is 5. The number of thiophene rings is 1. The molecule has 0 aliphatic carbocycles. The second-order valence-electron chi connectivity index (χ2n) is 4.23. The monoisotopic (exact) mass is 369 g/mol. The van der Waals surface area contributed by atoms with Crippen LogP contribution in [0.25, 0.3) is 0 Å². The molecule has 21 heavy (non-hydrogen) atoms. The molecular weight excluding hydrogens is 358 g/mol. The number of benzene rings is 1. The van der Waals surface area contributed by atoms with Crippen molar-refractivity contribution in [3.63, 3.8) is 0 Å². The smallest absolute Gasteiger partial charge is 0.341 e. The molecule has 0 bridgehead atoms. The van der Waals surface area contributed by atoms with E-state index in [9.17, 15) is 9.59 Å². The van der Waals surface area contributed by atoms with Crippen molar-refractivity contribution in [3.05, 3.63) is 44.6 Å². The fourth-order valence-corrected chi connectivity index (χ4v) is 2.97. The predicted molar refractivity (Wildman–Crippen MR) is 84.3 cm³/mol. The number of anilines is 1. The Morgan fingerprint density at radius 3 is 2.52 bits per heavy atom. The number of carbonyl (C=O) groups excluding carboxylic acids is 1. The molecule has 1 amide bonds. The lowest BCUT2D eigenvalue weighted by Gasteiger charge is -2.06. The van der Waals surface area contributed by atoms with Crippen molar-refractivity contribution in [1.82, 2.24) is 0 Å². The Bertz CT molecular complexity index is 647. The molecule has 0 unspecified atom stereocenters. The molecule has 0 saturated heterocycles. The Morgan fingerprint density at radius 1 is 1.33 bits per heavy atom. The molecule has 0 spiro atoms. The third-order valence-electron chi connectivity index (χ3n) is 2.56. The van der Waals surface area contributed by atoms with E-state index < -0.39 is 12.6 Å². The third-order valence-corrected chi connectivity index (χ3v) is 4.69. The summed E-state index contributed by atoms with van der Waals surface area (Å²) in [7, 11) is 0. The van der Waals surface area contributed by atoms with E-state index in [1.165, 1.54) is 11.3 Å². The number of amides is 1. The van der Waals surface area contributed by atoms with E-state index in [0.717, 1.165) is 9.35 Å². The van der Waals surface area contributed by atoms with Crippen LogP contribution in [-0.4, -0.2) is 23.6 Å². The maximum absolute atomic E-state index is 12.0. The largest absolute Gasteiger partial charge is 0.482 e. The van der Waals surface area contributed by atoms with Crippen LogP contribution in [0.5, 0.6) is 5.75 Å². The molecule has 7 heteroatoms. The number of nitrogens with one attached hydrogen (secondary N) is 1. The summed E-state index contributed by atoms with van der Waals surface area (Å²) >= 11 is 4.75. The molecule has 0 radical (unpaired) electrons. The molecule has 110 valence electrons. The summed E-state index contributed by atoms with van der Waals surface area (Å²) in [4.78, 5) is 23.1. The molecule has 2 rings (SSSR count). The molecule has 0 fully saturated rings. The molecule has 0 aliphatic heterocycles. The lowest BCUT2D eigenvalue weighted by Crippen LogP contribution is -2.11. The number of aryl methyl sites for hydroxylation is 1. The minimum absolute atomic E-state index is 0.187. The van der Waals surface area contributed by atoms with E-state index in [0.29, 0.717) is 16.3 Å². The Labute approximate surface area is 133 Å². The first-order valence-electron chi connectivity index (χ1n) is 5.97. The molecule has 5 nitrogen and oxygen atoms in total. The van der Waals surface area contributed by atoms with Gasteiger partial charge in [0.15, 0.2) is 6.61 Å². The average molecular weight is 370 g/mol. The van der Waals surface area contributed by atoms with Gasteiger partial charge in [0, 0.05) is 5.69 Å². The standard InChI is InChI=1S/C14H12BrNO4S/c1-8-6-11(21-13(8)15)14(19)16-9-2-4-10(5-3-9)20-7-12(17)18/h2-6H,7H2,1H3,(H,16,19)(H,17,18). The van der Waals surface area contributed by atoms with E-state index in [4.69, 9.17) is 9.84 Å². The van der Waals surface area contributed by atoms with E-state index >= 15 is 0 Å². The van der Waals surface area contributed by atoms with Crippen LogP contribution in [0, 0.1) is 6.92 Å². The zero-order chi connectivity index (χ0) is 15.4. The Hall–Kier alpha value is -1.86. The van der Waals surface area contributed by atoms with Crippen LogP contribution < -0.4 is 10.1 Å². The fraction of sp³-hybridized carbons (Fsp3) is 0.143. The van der Waals surface area contributed by atoms with Crippen molar-refractivity contribution in [2.45, 2.75) is 6.92 Å². The fourth-order valence-electron chi connectivity index (χ4n) is 1.54. The molecule has 0 saturated carbocycles. The highest BCUT2D eigenvalue weighted by atomic mass is 79.9. The first-order valence-corrected chi connectivity index (χ1v) is 7.58. The van der Waals surface area contributed by atoms with Gasteiger partial charge in [-0.2, -0.15) is 0 Å². The first kappa shape index (κ1) is 15.5. The maximum atomic E-state index is 12.0. The number of aliphatic carboxylic acids is 1. The highest BCUT2D eigenvalue weighted by Gasteiger charge is 2.11. The third kappa shape index (κ3) is 4.30. The SMILES string of the molecule is Cc1cc(C(=O)Nc2ccc(OCC(=O)O)cc2)sc1Br. The summed E-state index contributed by atoms with van der Waals surface area (Å²) in [6, 6.07) is 8.34. The van der Waals surface area contributed by atoms with Gasteiger partial charge in [0.2, 0.25) is 0 Å². The van der Waals surface area contributed by atoms with E-state index in [-0.39, 0.29) is 5.91 Å². The van der Waals surface area contributed by atoms with Gasteiger partial charge in [-0.1, -0.05) is 0 Å². The average Bonchev–Trinajstić information content (AvgIpc) is 2.78. The highest BCUT2D eigenvalue weighted by molar-refractivity contribution is 9.11. The molecule has 2 N–H and O–H groups in total. The number of hydrogen-bond donors (Lipinski definition) is 2. The molecule has 0 aliphatic rings. The van der Waals surface area contributed by atoms with E-state index in [1.807, 2.05) is 13.0 Å². The molecule has 1 aromatic carbocycles.